The Hall–Kier alpha value is -2.81. The van der Waals surface area contributed by atoms with E-state index in [0.717, 1.165) is 35.6 Å². The molecule has 9 heteroatoms. The number of amides is 1. The lowest BCUT2D eigenvalue weighted by Gasteiger charge is -2.27. The van der Waals surface area contributed by atoms with Gasteiger partial charge >= 0.3 is 0 Å². The van der Waals surface area contributed by atoms with Crippen LogP contribution in [0.3, 0.4) is 0 Å². The molecule has 2 aliphatic heterocycles. The molecule has 150 valence electrons. The molecule has 0 spiro atoms. The molecule has 1 saturated heterocycles. The molecule has 4 heterocycles. The number of anilines is 1. The molecule has 1 amide bonds. The summed E-state index contributed by atoms with van der Waals surface area (Å²) in [6.07, 6.45) is 3.72. The van der Waals surface area contributed by atoms with E-state index in [1.54, 1.807) is 16.2 Å². The summed E-state index contributed by atoms with van der Waals surface area (Å²) >= 11 is 1.65. The van der Waals surface area contributed by atoms with Crippen LogP contribution in [0.2, 0.25) is 0 Å². The first-order valence-corrected chi connectivity index (χ1v) is 10.7. The van der Waals surface area contributed by atoms with Gasteiger partial charge in [-0.05, 0) is 43.5 Å². The van der Waals surface area contributed by atoms with Gasteiger partial charge in [-0.3, -0.25) is 4.79 Å². The Labute approximate surface area is 171 Å². The summed E-state index contributed by atoms with van der Waals surface area (Å²) in [6.45, 7) is 3.67. The zero-order valence-electron chi connectivity index (χ0n) is 15.9. The highest BCUT2D eigenvalue weighted by Crippen LogP contribution is 2.29. The molecule has 0 bridgehead atoms. The molecule has 2 aliphatic rings. The predicted molar refractivity (Wildman–Crippen MR) is 108 cm³/mol. The summed E-state index contributed by atoms with van der Waals surface area (Å²) < 4.78 is 15.2. The van der Waals surface area contributed by atoms with Crippen LogP contribution in [0.1, 0.15) is 35.4 Å². The van der Waals surface area contributed by atoms with Crippen molar-refractivity contribution >= 4 is 22.4 Å². The summed E-state index contributed by atoms with van der Waals surface area (Å²) in [4.78, 5) is 21.6. The second-order valence-electron chi connectivity index (χ2n) is 7.39. The Bertz CT molecular complexity index is 1020. The fourth-order valence-corrected chi connectivity index (χ4v) is 4.75. The fraction of sp³-hybridized carbons (Fsp3) is 0.400. The average molecular weight is 412 g/mol. The Kier molecular flexibility index (Phi) is 4.75. The van der Waals surface area contributed by atoms with Gasteiger partial charge in [-0.15, -0.1) is 21.5 Å². The number of halogens is 1. The van der Waals surface area contributed by atoms with E-state index >= 15 is 0 Å². The van der Waals surface area contributed by atoms with Crippen molar-refractivity contribution in [3.8, 4) is 11.5 Å². The summed E-state index contributed by atoms with van der Waals surface area (Å²) in [5.74, 6) is 1.03. The highest BCUT2D eigenvalue weighted by molar-refractivity contribution is 7.14. The number of hydrogen-bond donors (Lipinski definition) is 0. The van der Waals surface area contributed by atoms with Crippen molar-refractivity contribution in [3.63, 3.8) is 0 Å². The maximum atomic E-state index is 13.1. The van der Waals surface area contributed by atoms with Crippen molar-refractivity contribution in [3.05, 3.63) is 46.9 Å². The van der Waals surface area contributed by atoms with Crippen molar-refractivity contribution in [2.45, 2.75) is 32.4 Å². The zero-order valence-corrected chi connectivity index (χ0v) is 16.7. The lowest BCUT2D eigenvalue weighted by Crippen LogP contribution is -2.38. The number of thiazole rings is 1. The SMILES string of the molecule is O=C(c1ccc(F)cc1)N1CCn2c(nnc2-c2csc(N3CCCCC3)n2)C1. The summed E-state index contributed by atoms with van der Waals surface area (Å²) in [5.41, 5.74) is 1.32. The number of carbonyl (C=O) groups excluding carboxylic acids is 1. The van der Waals surface area contributed by atoms with Gasteiger partial charge in [0, 0.05) is 37.1 Å². The number of aromatic nitrogens is 4. The van der Waals surface area contributed by atoms with Crippen LogP contribution < -0.4 is 4.90 Å². The van der Waals surface area contributed by atoms with Gasteiger partial charge in [0.2, 0.25) is 0 Å². The number of rotatable bonds is 3. The number of benzene rings is 1. The quantitative estimate of drug-likeness (QED) is 0.661. The van der Waals surface area contributed by atoms with Crippen molar-refractivity contribution in [1.82, 2.24) is 24.6 Å². The lowest BCUT2D eigenvalue weighted by molar-refractivity contribution is 0.0708. The van der Waals surface area contributed by atoms with Crippen LogP contribution in [0.25, 0.3) is 11.5 Å². The van der Waals surface area contributed by atoms with Crippen molar-refractivity contribution < 1.29 is 9.18 Å². The maximum absolute atomic E-state index is 13.1. The zero-order chi connectivity index (χ0) is 19.8. The number of hydrogen-bond acceptors (Lipinski definition) is 6. The molecule has 5 rings (SSSR count). The van der Waals surface area contributed by atoms with Gasteiger partial charge in [-0.25, -0.2) is 9.37 Å². The fourth-order valence-electron chi connectivity index (χ4n) is 3.89. The van der Waals surface area contributed by atoms with E-state index in [4.69, 9.17) is 4.98 Å². The summed E-state index contributed by atoms with van der Waals surface area (Å²) in [5, 5.41) is 11.7. The number of fused-ring (bicyclic) bond motifs is 1. The van der Waals surface area contributed by atoms with Crippen molar-refractivity contribution in [2.75, 3.05) is 24.5 Å². The third-order valence-electron chi connectivity index (χ3n) is 5.48. The Morgan fingerprint density at radius 1 is 1.00 bits per heavy atom. The van der Waals surface area contributed by atoms with E-state index in [2.05, 4.69) is 15.1 Å². The molecular formula is C20H21FN6OS. The van der Waals surface area contributed by atoms with Crippen LogP contribution >= 0.6 is 11.3 Å². The number of carbonyl (C=O) groups is 1. The third kappa shape index (κ3) is 3.50. The van der Waals surface area contributed by atoms with Gasteiger partial charge < -0.3 is 14.4 Å². The highest BCUT2D eigenvalue weighted by Gasteiger charge is 2.27. The molecule has 0 unspecified atom stereocenters. The molecule has 0 N–H and O–H groups in total. The smallest absolute Gasteiger partial charge is 0.254 e. The maximum Gasteiger partial charge on any atom is 0.254 e. The lowest BCUT2D eigenvalue weighted by atomic mass is 10.1. The Morgan fingerprint density at radius 3 is 2.59 bits per heavy atom. The topological polar surface area (TPSA) is 67.2 Å². The molecule has 1 aromatic carbocycles. The number of piperidine rings is 1. The second-order valence-corrected chi connectivity index (χ2v) is 8.22. The minimum Gasteiger partial charge on any atom is -0.348 e. The molecule has 1 fully saturated rings. The van der Waals surface area contributed by atoms with Crippen LogP contribution in [-0.4, -0.2) is 50.2 Å². The largest absolute Gasteiger partial charge is 0.348 e. The van der Waals surface area contributed by atoms with Crippen LogP contribution in [0, 0.1) is 5.82 Å². The molecule has 3 aromatic rings. The van der Waals surface area contributed by atoms with E-state index in [1.165, 1.54) is 43.5 Å². The minimum atomic E-state index is -0.350. The van der Waals surface area contributed by atoms with Gasteiger partial charge in [0.15, 0.2) is 16.8 Å². The predicted octanol–water partition coefficient (Wildman–Crippen LogP) is 3.19. The monoisotopic (exact) mass is 412 g/mol. The average Bonchev–Trinajstić information content (AvgIpc) is 3.41. The van der Waals surface area contributed by atoms with E-state index < -0.39 is 0 Å². The number of nitrogens with zero attached hydrogens (tertiary/aromatic N) is 6. The van der Waals surface area contributed by atoms with Crippen molar-refractivity contribution in [1.29, 1.82) is 0 Å². The second kappa shape index (κ2) is 7.55. The van der Waals surface area contributed by atoms with Gasteiger partial charge in [0.05, 0.1) is 6.54 Å². The van der Waals surface area contributed by atoms with Crippen LogP contribution in [0.5, 0.6) is 0 Å². The van der Waals surface area contributed by atoms with Gasteiger partial charge in [-0.2, -0.15) is 0 Å². The molecule has 0 atom stereocenters. The van der Waals surface area contributed by atoms with Crippen molar-refractivity contribution in [2.24, 2.45) is 0 Å². The minimum absolute atomic E-state index is 0.123. The van der Waals surface area contributed by atoms with E-state index in [1.807, 2.05) is 9.95 Å². The third-order valence-corrected chi connectivity index (χ3v) is 6.38. The molecular weight excluding hydrogens is 391 g/mol. The Balaban J connectivity index is 1.34. The molecule has 0 radical (unpaired) electrons. The highest BCUT2D eigenvalue weighted by atomic mass is 32.1. The van der Waals surface area contributed by atoms with Crippen LogP contribution in [-0.2, 0) is 13.1 Å². The van der Waals surface area contributed by atoms with E-state index in [-0.39, 0.29) is 11.7 Å². The van der Waals surface area contributed by atoms with Gasteiger partial charge in [0.1, 0.15) is 11.5 Å². The molecule has 2 aromatic heterocycles. The summed E-state index contributed by atoms with van der Waals surface area (Å²) in [7, 11) is 0. The van der Waals surface area contributed by atoms with Crippen LogP contribution in [0.4, 0.5) is 9.52 Å². The van der Waals surface area contributed by atoms with E-state index in [9.17, 15) is 9.18 Å². The van der Waals surface area contributed by atoms with E-state index in [0.29, 0.717) is 25.2 Å². The normalized spacial score (nSPS) is 16.7. The molecule has 0 aliphatic carbocycles. The first-order chi connectivity index (χ1) is 14.2. The first kappa shape index (κ1) is 18.2. The molecule has 7 nitrogen and oxygen atoms in total. The first-order valence-electron chi connectivity index (χ1n) is 9.87. The molecule has 29 heavy (non-hydrogen) atoms. The molecule has 0 saturated carbocycles. The standard InChI is InChI=1S/C20H21FN6OS/c21-15-6-4-14(5-7-15)19(28)26-10-11-27-17(12-26)23-24-18(27)16-13-29-20(22-16)25-8-2-1-3-9-25/h4-7,13H,1-3,8-12H2. The Morgan fingerprint density at radius 2 is 1.79 bits per heavy atom. The van der Waals surface area contributed by atoms with Gasteiger partial charge in [-0.1, -0.05) is 0 Å². The summed E-state index contributed by atoms with van der Waals surface area (Å²) in [6, 6.07) is 5.64. The van der Waals surface area contributed by atoms with Crippen LogP contribution in [0.15, 0.2) is 29.6 Å². The van der Waals surface area contributed by atoms with Gasteiger partial charge in [0.25, 0.3) is 5.91 Å².